The highest BCUT2D eigenvalue weighted by atomic mass is 35.5. The second kappa shape index (κ2) is 6.98. The Hall–Kier alpha value is -1.59. The second-order valence-electron chi connectivity index (χ2n) is 3.72. The zero-order chi connectivity index (χ0) is 12.1. The van der Waals surface area contributed by atoms with Crippen LogP contribution in [0, 0.1) is 0 Å². The van der Waals surface area contributed by atoms with Gasteiger partial charge in [-0.15, -0.1) is 12.4 Å². The Balaban J connectivity index is 0.00000162. The third kappa shape index (κ3) is 3.72. The van der Waals surface area contributed by atoms with Crippen molar-refractivity contribution in [3.63, 3.8) is 0 Å². The van der Waals surface area contributed by atoms with Crippen molar-refractivity contribution >= 4 is 24.3 Å². The van der Waals surface area contributed by atoms with Crippen LogP contribution in [0.1, 0.15) is 10.4 Å². The summed E-state index contributed by atoms with van der Waals surface area (Å²) >= 11 is 0. The number of halogens is 1. The zero-order valence-corrected chi connectivity index (χ0v) is 10.6. The Morgan fingerprint density at radius 2 is 1.72 bits per heavy atom. The molecule has 0 atom stereocenters. The number of hydrogen-bond acceptors (Lipinski definition) is 3. The molecule has 0 aromatic heterocycles. The molecule has 1 aliphatic rings. The number of carbonyl (C=O) groups is 2. The highest BCUT2D eigenvalue weighted by molar-refractivity contribution is 6.04. The van der Waals surface area contributed by atoms with Crippen molar-refractivity contribution in [2.24, 2.45) is 0 Å². The molecule has 1 heterocycles. The number of nitrogens with zero attached hydrogens (tertiary/aromatic N) is 1. The highest BCUT2D eigenvalue weighted by Crippen LogP contribution is 2.00. The fourth-order valence-corrected chi connectivity index (χ4v) is 1.60. The predicted molar refractivity (Wildman–Crippen MR) is 68.9 cm³/mol. The van der Waals surface area contributed by atoms with Gasteiger partial charge in [-0.1, -0.05) is 18.2 Å². The summed E-state index contributed by atoms with van der Waals surface area (Å²) in [6.07, 6.45) is 0. The van der Waals surface area contributed by atoms with Crippen LogP contribution >= 0.6 is 12.4 Å². The van der Waals surface area contributed by atoms with Crippen molar-refractivity contribution < 1.29 is 14.3 Å². The largest absolute Gasteiger partial charge is 0.378 e. The van der Waals surface area contributed by atoms with Gasteiger partial charge in [0.25, 0.3) is 5.91 Å². The lowest BCUT2D eigenvalue weighted by Crippen LogP contribution is -2.47. The van der Waals surface area contributed by atoms with E-state index in [1.165, 1.54) is 0 Å². The first kappa shape index (κ1) is 14.5. The fourth-order valence-electron chi connectivity index (χ4n) is 1.60. The van der Waals surface area contributed by atoms with Gasteiger partial charge in [-0.25, -0.2) is 4.79 Å². The van der Waals surface area contributed by atoms with E-state index in [1.807, 2.05) is 6.07 Å². The van der Waals surface area contributed by atoms with Gasteiger partial charge in [-0.2, -0.15) is 0 Å². The van der Waals surface area contributed by atoms with Gasteiger partial charge < -0.3 is 9.64 Å². The Morgan fingerprint density at radius 3 is 2.33 bits per heavy atom. The molecule has 1 saturated heterocycles. The summed E-state index contributed by atoms with van der Waals surface area (Å²) in [5, 5.41) is 2.36. The average Bonchev–Trinajstić information content (AvgIpc) is 2.40. The lowest BCUT2D eigenvalue weighted by molar-refractivity contribution is 0.0524. The van der Waals surface area contributed by atoms with Gasteiger partial charge >= 0.3 is 6.03 Å². The molecule has 0 spiro atoms. The van der Waals surface area contributed by atoms with E-state index in [4.69, 9.17) is 4.74 Å². The number of benzene rings is 1. The monoisotopic (exact) mass is 270 g/mol. The quantitative estimate of drug-likeness (QED) is 0.837. The standard InChI is InChI=1S/C12H14N2O3.ClH/c15-11(10-4-2-1-3-5-10)13-12(16)14-6-8-17-9-7-14;/h1-5H,6-9H2,(H,13,15,16);1H. The third-order valence-corrected chi connectivity index (χ3v) is 2.55. The number of amides is 3. The topological polar surface area (TPSA) is 58.6 Å². The van der Waals surface area contributed by atoms with Crippen LogP contribution in [0.25, 0.3) is 0 Å². The first-order valence-corrected chi connectivity index (χ1v) is 5.50. The van der Waals surface area contributed by atoms with Crippen LogP contribution in [0.4, 0.5) is 4.79 Å². The summed E-state index contributed by atoms with van der Waals surface area (Å²) in [6, 6.07) is 8.31. The molecule has 1 aromatic rings. The van der Waals surface area contributed by atoms with Crippen molar-refractivity contribution in [1.29, 1.82) is 0 Å². The summed E-state index contributed by atoms with van der Waals surface area (Å²) in [7, 11) is 0. The van der Waals surface area contributed by atoms with Crippen LogP contribution in [-0.4, -0.2) is 43.1 Å². The lowest BCUT2D eigenvalue weighted by Gasteiger charge is -2.26. The van der Waals surface area contributed by atoms with E-state index in [0.717, 1.165) is 0 Å². The minimum absolute atomic E-state index is 0. The zero-order valence-electron chi connectivity index (χ0n) is 9.80. The van der Waals surface area contributed by atoms with Gasteiger partial charge in [0.05, 0.1) is 13.2 Å². The average molecular weight is 271 g/mol. The van der Waals surface area contributed by atoms with Crippen molar-refractivity contribution in [2.75, 3.05) is 26.3 Å². The van der Waals surface area contributed by atoms with E-state index in [1.54, 1.807) is 29.2 Å². The number of ether oxygens (including phenoxy) is 1. The molecule has 2 rings (SSSR count). The highest BCUT2D eigenvalue weighted by Gasteiger charge is 2.19. The Labute approximate surface area is 112 Å². The molecule has 98 valence electrons. The van der Waals surface area contributed by atoms with Crippen LogP contribution in [0.2, 0.25) is 0 Å². The van der Waals surface area contributed by atoms with Crippen LogP contribution in [0.15, 0.2) is 30.3 Å². The molecule has 3 amide bonds. The maximum Gasteiger partial charge on any atom is 0.324 e. The van der Waals surface area contributed by atoms with Gasteiger partial charge in [0.2, 0.25) is 0 Å². The maximum absolute atomic E-state index is 11.7. The molecule has 18 heavy (non-hydrogen) atoms. The van der Waals surface area contributed by atoms with Gasteiger partial charge in [0, 0.05) is 18.7 Å². The normalized spacial score (nSPS) is 14.6. The molecule has 1 aliphatic heterocycles. The maximum atomic E-state index is 11.7. The second-order valence-corrected chi connectivity index (χ2v) is 3.72. The van der Waals surface area contributed by atoms with Gasteiger partial charge in [0.15, 0.2) is 0 Å². The lowest BCUT2D eigenvalue weighted by atomic mass is 10.2. The molecule has 0 aliphatic carbocycles. The van der Waals surface area contributed by atoms with E-state index in [2.05, 4.69) is 5.32 Å². The van der Waals surface area contributed by atoms with Crippen LogP contribution in [-0.2, 0) is 4.74 Å². The summed E-state index contributed by atoms with van der Waals surface area (Å²) in [4.78, 5) is 25.0. The van der Waals surface area contributed by atoms with Crippen molar-refractivity contribution in [1.82, 2.24) is 10.2 Å². The minimum atomic E-state index is -0.373. The van der Waals surface area contributed by atoms with E-state index in [0.29, 0.717) is 31.9 Å². The van der Waals surface area contributed by atoms with E-state index >= 15 is 0 Å². The molecule has 0 saturated carbocycles. The Morgan fingerprint density at radius 1 is 1.11 bits per heavy atom. The number of morpholine rings is 1. The number of urea groups is 1. The third-order valence-electron chi connectivity index (χ3n) is 2.55. The summed E-state index contributed by atoms with van der Waals surface area (Å²) in [5.74, 6) is -0.373. The molecule has 0 bridgehead atoms. The molecule has 1 N–H and O–H groups in total. The van der Waals surface area contributed by atoms with Crippen LogP contribution in [0.5, 0.6) is 0 Å². The van der Waals surface area contributed by atoms with Gasteiger partial charge in [0.1, 0.15) is 0 Å². The van der Waals surface area contributed by atoms with E-state index in [9.17, 15) is 9.59 Å². The number of rotatable bonds is 1. The molecule has 0 unspecified atom stereocenters. The SMILES string of the molecule is Cl.O=C(NC(=O)N1CCOCC1)c1ccccc1. The minimum Gasteiger partial charge on any atom is -0.378 e. The Kier molecular flexibility index (Phi) is 5.61. The van der Waals surface area contributed by atoms with E-state index in [-0.39, 0.29) is 24.3 Å². The smallest absolute Gasteiger partial charge is 0.324 e. The summed E-state index contributed by atoms with van der Waals surface area (Å²) < 4.78 is 5.13. The van der Waals surface area contributed by atoms with Crippen LogP contribution in [0.3, 0.4) is 0 Å². The molecule has 1 aromatic carbocycles. The van der Waals surface area contributed by atoms with E-state index < -0.39 is 0 Å². The fraction of sp³-hybridized carbons (Fsp3) is 0.333. The van der Waals surface area contributed by atoms with Crippen molar-refractivity contribution in [2.45, 2.75) is 0 Å². The number of imide groups is 1. The molecule has 1 fully saturated rings. The first-order valence-electron chi connectivity index (χ1n) is 5.50. The first-order chi connectivity index (χ1) is 8.27. The number of nitrogens with one attached hydrogen (secondary N) is 1. The van der Waals surface area contributed by atoms with Gasteiger partial charge in [-0.3, -0.25) is 10.1 Å². The van der Waals surface area contributed by atoms with Crippen molar-refractivity contribution in [3.05, 3.63) is 35.9 Å². The Bertz CT molecular complexity index is 405. The van der Waals surface area contributed by atoms with Gasteiger partial charge in [-0.05, 0) is 12.1 Å². The predicted octanol–water partition coefficient (Wildman–Crippen LogP) is 1.29. The number of carbonyl (C=O) groups excluding carboxylic acids is 2. The summed E-state index contributed by atoms with van der Waals surface area (Å²) in [6.45, 7) is 2.09. The molecular formula is C12H15ClN2O3. The van der Waals surface area contributed by atoms with Crippen LogP contribution < -0.4 is 5.32 Å². The van der Waals surface area contributed by atoms with Crippen molar-refractivity contribution in [3.8, 4) is 0 Å². The molecule has 6 heteroatoms. The molecule has 0 radical (unpaired) electrons. The molecular weight excluding hydrogens is 256 g/mol. The molecule has 5 nitrogen and oxygen atoms in total. The number of hydrogen-bond donors (Lipinski definition) is 1. The summed E-state index contributed by atoms with van der Waals surface area (Å²) in [5.41, 5.74) is 0.481.